The Morgan fingerprint density at radius 2 is 0.570 bits per heavy atom. The molecule has 14 aromatic carbocycles. The summed E-state index contributed by atoms with van der Waals surface area (Å²) in [6.07, 6.45) is 0. The van der Waals surface area contributed by atoms with Gasteiger partial charge in [0, 0.05) is 87.8 Å². The largest absolute Gasteiger partial charge is 0.311 e. The molecular formula is C78H50B2N4S2. The van der Waals surface area contributed by atoms with E-state index < -0.39 is 0 Å². The highest BCUT2D eigenvalue weighted by Crippen LogP contribution is 2.49. The van der Waals surface area contributed by atoms with E-state index in [0.29, 0.717) is 0 Å². The van der Waals surface area contributed by atoms with Crippen molar-refractivity contribution in [2.24, 2.45) is 0 Å². The second-order valence-electron chi connectivity index (χ2n) is 22.7. The average Bonchev–Trinajstić information content (AvgIpc) is 0.777. The molecule has 4 aliphatic heterocycles. The normalized spacial score (nSPS) is 13.2. The van der Waals surface area contributed by atoms with Crippen LogP contribution >= 0.6 is 23.5 Å². The summed E-state index contributed by atoms with van der Waals surface area (Å²) in [4.78, 5) is 15.0. The molecule has 0 aliphatic carbocycles. The molecule has 0 fully saturated rings. The fraction of sp³-hybridized carbons (Fsp3) is 0. The van der Waals surface area contributed by atoms with Gasteiger partial charge >= 0.3 is 0 Å². The van der Waals surface area contributed by atoms with E-state index in [1.807, 2.05) is 23.5 Å². The molecule has 4 aliphatic rings. The van der Waals surface area contributed by atoms with Gasteiger partial charge in [-0.2, -0.15) is 0 Å². The first-order valence-electron chi connectivity index (χ1n) is 29.5. The highest BCUT2D eigenvalue weighted by atomic mass is 32.2. The van der Waals surface area contributed by atoms with Crippen molar-refractivity contribution in [1.29, 1.82) is 0 Å². The lowest BCUT2D eigenvalue weighted by Crippen LogP contribution is -2.60. The van der Waals surface area contributed by atoms with Crippen LogP contribution in [0.4, 0.5) is 68.2 Å². The molecule has 14 aromatic rings. The van der Waals surface area contributed by atoms with Gasteiger partial charge in [0.2, 0.25) is 13.4 Å². The molecule has 400 valence electrons. The zero-order valence-electron chi connectivity index (χ0n) is 46.6. The van der Waals surface area contributed by atoms with E-state index in [1.165, 1.54) is 107 Å². The Kier molecular flexibility index (Phi) is 11.3. The molecule has 0 unspecified atom stereocenters. The van der Waals surface area contributed by atoms with E-state index in [0.717, 1.165) is 45.5 Å². The second-order valence-corrected chi connectivity index (χ2v) is 24.9. The fourth-order valence-electron chi connectivity index (χ4n) is 14.5. The Labute approximate surface area is 509 Å². The first kappa shape index (κ1) is 49.3. The Hall–Kier alpha value is -10.1. The minimum absolute atomic E-state index is 0.0118. The predicted octanol–water partition coefficient (Wildman–Crippen LogP) is 17.6. The molecule has 4 heterocycles. The molecule has 86 heavy (non-hydrogen) atoms. The number of hydrogen-bond donors (Lipinski definition) is 0. The molecule has 0 radical (unpaired) electrons. The maximum atomic E-state index is 2.58. The lowest BCUT2D eigenvalue weighted by molar-refractivity contribution is 1.25. The number of nitrogens with zero attached hydrogens (tertiary/aromatic N) is 4. The molecule has 0 saturated heterocycles. The SMILES string of the molecule is c1ccc(N(c2ccccc2)c2ccc3c(c2)Sc2cccc4c2B3c2cc3c5ccccc5c5cc6c(cc5c3cc2N4c2ccccc2)N(c2ccccc2)c2cccc3c2B6c2ccc(N(c4ccccc4)c4ccccc4)cc2S3)cc1. The number of anilines is 12. The summed E-state index contributed by atoms with van der Waals surface area (Å²) in [5.74, 6) is 0. The number of benzene rings is 14. The summed E-state index contributed by atoms with van der Waals surface area (Å²) >= 11 is 3.80. The van der Waals surface area contributed by atoms with Crippen LogP contribution in [0.3, 0.4) is 0 Å². The van der Waals surface area contributed by atoms with Crippen LogP contribution < -0.4 is 52.4 Å². The molecule has 8 heteroatoms. The van der Waals surface area contributed by atoms with Gasteiger partial charge in [0.05, 0.1) is 0 Å². The second kappa shape index (κ2) is 19.7. The first-order chi connectivity index (χ1) is 42.7. The van der Waals surface area contributed by atoms with Crippen molar-refractivity contribution in [1.82, 2.24) is 0 Å². The number of para-hydroxylation sites is 6. The number of fused-ring (bicyclic) bond motifs is 14. The van der Waals surface area contributed by atoms with Gasteiger partial charge in [0.15, 0.2) is 0 Å². The summed E-state index contributed by atoms with van der Waals surface area (Å²) in [6.45, 7) is -0.0236. The van der Waals surface area contributed by atoms with Gasteiger partial charge in [0.1, 0.15) is 0 Å². The molecule has 0 N–H and O–H groups in total. The van der Waals surface area contributed by atoms with Crippen molar-refractivity contribution >= 4 is 170 Å². The van der Waals surface area contributed by atoms with Crippen LogP contribution in [0.2, 0.25) is 0 Å². The van der Waals surface area contributed by atoms with Crippen LogP contribution in [0.5, 0.6) is 0 Å². The van der Waals surface area contributed by atoms with Gasteiger partial charge in [-0.25, -0.2) is 0 Å². The first-order valence-corrected chi connectivity index (χ1v) is 31.2. The van der Waals surface area contributed by atoms with E-state index in [1.54, 1.807) is 0 Å². The van der Waals surface area contributed by atoms with Crippen molar-refractivity contribution in [3.8, 4) is 0 Å². The van der Waals surface area contributed by atoms with Crippen molar-refractivity contribution in [2.45, 2.75) is 19.6 Å². The van der Waals surface area contributed by atoms with Crippen LogP contribution in [-0.4, -0.2) is 13.4 Å². The van der Waals surface area contributed by atoms with E-state index in [4.69, 9.17) is 0 Å². The number of rotatable bonds is 8. The lowest BCUT2D eigenvalue weighted by Gasteiger charge is -2.41. The highest BCUT2D eigenvalue weighted by Gasteiger charge is 2.44. The summed E-state index contributed by atoms with van der Waals surface area (Å²) in [6, 6.07) is 113. The van der Waals surface area contributed by atoms with E-state index >= 15 is 0 Å². The van der Waals surface area contributed by atoms with Crippen molar-refractivity contribution in [3.05, 3.63) is 303 Å². The lowest BCUT2D eigenvalue weighted by atomic mass is 9.34. The average molecular weight is 1130 g/mol. The zero-order chi connectivity index (χ0) is 56.4. The molecule has 4 nitrogen and oxygen atoms in total. The van der Waals surface area contributed by atoms with Crippen LogP contribution in [-0.2, 0) is 0 Å². The van der Waals surface area contributed by atoms with Crippen molar-refractivity contribution < 1.29 is 0 Å². The fourth-order valence-corrected chi connectivity index (χ4v) is 16.9. The third-order valence-electron chi connectivity index (χ3n) is 18.0. The van der Waals surface area contributed by atoms with Gasteiger partial charge in [-0.1, -0.05) is 204 Å². The van der Waals surface area contributed by atoms with Crippen LogP contribution in [0.15, 0.2) is 323 Å². The predicted molar refractivity (Wildman–Crippen MR) is 368 cm³/mol. The zero-order valence-corrected chi connectivity index (χ0v) is 48.3. The minimum atomic E-state index is -0.0118. The van der Waals surface area contributed by atoms with Gasteiger partial charge in [-0.05, 0) is 188 Å². The minimum Gasteiger partial charge on any atom is -0.311 e. The van der Waals surface area contributed by atoms with Crippen molar-refractivity contribution in [2.75, 3.05) is 19.6 Å². The Balaban J connectivity index is 0.873. The smallest absolute Gasteiger partial charge is 0.249 e. The quantitative estimate of drug-likeness (QED) is 0.110. The molecule has 0 atom stereocenters. The summed E-state index contributed by atoms with van der Waals surface area (Å²) < 4.78 is 0. The maximum Gasteiger partial charge on any atom is 0.249 e. The van der Waals surface area contributed by atoms with Crippen LogP contribution in [0.25, 0.3) is 32.3 Å². The summed E-state index contributed by atoms with van der Waals surface area (Å²) in [7, 11) is 0. The molecule has 0 spiro atoms. The summed E-state index contributed by atoms with van der Waals surface area (Å²) in [5, 5.41) is 7.51. The molecule has 0 saturated carbocycles. The van der Waals surface area contributed by atoms with Gasteiger partial charge in [0.25, 0.3) is 0 Å². The molecule has 0 amide bonds. The van der Waals surface area contributed by atoms with E-state index in [-0.39, 0.29) is 13.4 Å². The standard InChI is InChI=1S/C78H50B2N4S2/c1-7-23-51(24-8-1)81(52-25-9-2-10-26-52)57-41-43-65-75(45-57)85-73-39-21-37-69-77(73)79(65)67-47-61-59-35-19-20-36-60(59)62-48-68-72(50-64(62)63(61)49-71(67)83(69)55-31-15-5-16-32-55)84(56-33-17-6-18-34-56)70-38-22-40-74-78(70)80(68)66-44-42-58(46-76(66)86-74)82(53-27-11-3-12-28-53)54-29-13-4-14-30-54/h1-50H. The van der Waals surface area contributed by atoms with Crippen LogP contribution in [0.1, 0.15) is 0 Å². The highest BCUT2D eigenvalue weighted by molar-refractivity contribution is 8.00. The number of hydrogen-bond acceptors (Lipinski definition) is 6. The van der Waals surface area contributed by atoms with E-state index in [9.17, 15) is 0 Å². The van der Waals surface area contributed by atoms with E-state index in [2.05, 4.69) is 323 Å². The van der Waals surface area contributed by atoms with Gasteiger partial charge in [-0.15, -0.1) is 0 Å². The van der Waals surface area contributed by atoms with Crippen molar-refractivity contribution in [3.63, 3.8) is 0 Å². The molecule has 0 aromatic heterocycles. The maximum absolute atomic E-state index is 2.58. The third-order valence-corrected chi connectivity index (χ3v) is 20.3. The monoisotopic (exact) mass is 1130 g/mol. The molecular weight excluding hydrogens is 1080 g/mol. The Bertz CT molecular complexity index is 4640. The van der Waals surface area contributed by atoms with Gasteiger partial charge in [-0.3, -0.25) is 0 Å². The molecule has 18 rings (SSSR count). The summed E-state index contributed by atoms with van der Waals surface area (Å²) in [5.41, 5.74) is 21.9. The topological polar surface area (TPSA) is 13.0 Å². The van der Waals surface area contributed by atoms with Gasteiger partial charge < -0.3 is 19.6 Å². The third kappa shape index (κ3) is 7.63. The Morgan fingerprint density at radius 1 is 0.233 bits per heavy atom. The van der Waals surface area contributed by atoms with Crippen LogP contribution in [0, 0.1) is 0 Å². The molecule has 0 bridgehead atoms. The Morgan fingerprint density at radius 3 is 0.942 bits per heavy atom.